The minimum Gasteiger partial charge on any atom is -0.316 e. The molecule has 17 heavy (non-hydrogen) atoms. The first-order valence-corrected chi connectivity index (χ1v) is 7.09. The lowest BCUT2D eigenvalue weighted by atomic mass is 9.88. The van der Waals surface area contributed by atoms with Crippen LogP contribution in [0.4, 0.5) is 0 Å². The third-order valence-electron chi connectivity index (χ3n) is 3.32. The zero-order chi connectivity index (χ0) is 12.6. The number of hydrogen-bond donors (Lipinski definition) is 1. The molecular weight excluding hydrogens is 230 g/mol. The van der Waals surface area contributed by atoms with Gasteiger partial charge in [0.15, 0.2) is 5.78 Å². The van der Waals surface area contributed by atoms with Crippen LogP contribution in [0.25, 0.3) is 0 Å². The second-order valence-corrected chi connectivity index (χ2v) is 6.89. The number of fused-ring (bicyclic) bond motifs is 1. The summed E-state index contributed by atoms with van der Waals surface area (Å²) in [7, 11) is 0. The Balaban J connectivity index is 2.41. The van der Waals surface area contributed by atoms with Crippen LogP contribution in [0.5, 0.6) is 0 Å². The van der Waals surface area contributed by atoms with Crippen LogP contribution in [0.2, 0.25) is 0 Å². The van der Waals surface area contributed by atoms with Crippen LogP contribution in [0.3, 0.4) is 0 Å². The molecule has 0 saturated carbocycles. The summed E-state index contributed by atoms with van der Waals surface area (Å²) in [6.07, 6.45) is 2.13. The smallest absolute Gasteiger partial charge is 0.178 e. The Morgan fingerprint density at radius 1 is 1.24 bits per heavy atom. The van der Waals surface area contributed by atoms with Crippen LogP contribution in [0.15, 0.2) is 0 Å². The van der Waals surface area contributed by atoms with E-state index in [0.29, 0.717) is 5.78 Å². The van der Waals surface area contributed by atoms with Gasteiger partial charge in [-0.15, -0.1) is 11.3 Å². The van der Waals surface area contributed by atoms with Gasteiger partial charge in [0.2, 0.25) is 0 Å². The Labute approximate surface area is 107 Å². The molecule has 0 aliphatic carbocycles. The average Bonchev–Trinajstić information content (AvgIpc) is 2.45. The van der Waals surface area contributed by atoms with Crippen molar-refractivity contribution in [1.82, 2.24) is 5.32 Å². The van der Waals surface area contributed by atoms with E-state index >= 15 is 0 Å². The van der Waals surface area contributed by atoms with Crippen molar-refractivity contribution in [2.75, 3.05) is 13.1 Å². The third-order valence-corrected chi connectivity index (χ3v) is 4.72. The van der Waals surface area contributed by atoms with Crippen molar-refractivity contribution in [1.29, 1.82) is 0 Å². The van der Waals surface area contributed by atoms with Gasteiger partial charge in [-0.25, -0.2) is 0 Å². The molecule has 2 rings (SSSR count). The van der Waals surface area contributed by atoms with Gasteiger partial charge in [-0.05, 0) is 44.0 Å². The summed E-state index contributed by atoms with van der Waals surface area (Å²) in [4.78, 5) is 14.8. The second kappa shape index (κ2) is 4.54. The minimum atomic E-state index is -0.271. The third kappa shape index (κ3) is 2.45. The van der Waals surface area contributed by atoms with Gasteiger partial charge >= 0.3 is 0 Å². The predicted octanol–water partition coefficient (Wildman–Crippen LogP) is 2.97. The summed E-state index contributed by atoms with van der Waals surface area (Å²) < 4.78 is 0. The fourth-order valence-corrected chi connectivity index (χ4v) is 3.74. The van der Waals surface area contributed by atoms with E-state index in [1.54, 1.807) is 11.3 Å². The maximum atomic E-state index is 12.4. The van der Waals surface area contributed by atoms with Gasteiger partial charge in [0.1, 0.15) is 0 Å². The summed E-state index contributed by atoms with van der Waals surface area (Å²) >= 11 is 1.72. The van der Waals surface area contributed by atoms with E-state index in [1.165, 1.54) is 16.0 Å². The zero-order valence-corrected chi connectivity index (χ0v) is 12.0. The predicted molar refractivity (Wildman–Crippen MR) is 73.1 cm³/mol. The molecule has 0 radical (unpaired) electrons. The number of ketones is 1. The van der Waals surface area contributed by atoms with Crippen LogP contribution in [0.1, 0.15) is 46.4 Å². The molecule has 0 amide bonds. The maximum absolute atomic E-state index is 12.4. The first kappa shape index (κ1) is 12.8. The van der Waals surface area contributed by atoms with Crippen LogP contribution in [0, 0.1) is 12.3 Å². The molecule has 1 aliphatic rings. The van der Waals surface area contributed by atoms with Crippen molar-refractivity contribution in [3.63, 3.8) is 0 Å². The summed E-state index contributed by atoms with van der Waals surface area (Å²) in [5, 5.41) is 3.41. The number of hydrogen-bond acceptors (Lipinski definition) is 3. The second-order valence-electron chi connectivity index (χ2n) is 5.79. The molecule has 0 saturated heterocycles. The number of carbonyl (C=O) groups excluding carboxylic acids is 1. The van der Waals surface area contributed by atoms with E-state index in [4.69, 9.17) is 0 Å². The maximum Gasteiger partial charge on any atom is 0.178 e. The van der Waals surface area contributed by atoms with E-state index in [0.717, 1.165) is 30.8 Å². The van der Waals surface area contributed by atoms with Gasteiger partial charge in [0.05, 0.1) is 4.88 Å². The molecule has 1 aromatic heterocycles. The Morgan fingerprint density at radius 3 is 2.53 bits per heavy atom. The van der Waals surface area contributed by atoms with Gasteiger partial charge in [-0.3, -0.25) is 4.79 Å². The van der Waals surface area contributed by atoms with Crippen molar-refractivity contribution in [3.05, 3.63) is 20.9 Å². The summed E-state index contributed by atoms with van der Waals surface area (Å²) in [5.74, 6) is 0.293. The lowest BCUT2D eigenvalue weighted by Gasteiger charge is -2.16. The molecule has 0 bridgehead atoms. The molecule has 0 aromatic carbocycles. The Morgan fingerprint density at radius 2 is 1.88 bits per heavy atom. The van der Waals surface area contributed by atoms with Crippen LogP contribution < -0.4 is 5.32 Å². The number of Topliss-reactive ketones (excluding diaryl/α,β-unsaturated/α-hetero) is 1. The van der Waals surface area contributed by atoms with Crippen molar-refractivity contribution < 1.29 is 4.79 Å². The fourth-order valence-electron chi connectivity index (χ4n) is 2.23. The molecule has 2 nitrogen and oxygen atoms in total. The Kier molecular flexibility index (Phi) is 3.41. The van der Waals surface area contributed by atoms with Crippen LogP contribution in [-0.4, -0.2) is 18.9 Å². The summed E-state index contributed by atoms with van der Waals surface area (Å²) in [5.41, 5.74) is 2.38. The lowest BCUT2D eigenvalue weighted by molar-refractivity contribution is 0.0862. The number of rotatable bonds is 1. The Bertz CT molecular complexity index is 440. The van der Waals surface area contributed by atoms with Gasteiger partial charge < -0.3 is 5.32 Å². The van der Waals surface area contributed by atoms with Crippen molar-refractivity contribution >= 4 is 17.1 Å². The standard InChI is InChI=1S/C14H21NOS/c1-9-10-5-7-15-8-6-11(10)17-12(9)13(16)14(2,3)4/h15H,5-8H2,1-4H3. The highest BCUT2D eigenvalue weighted by molar-refractivity contribution is 7.14. The zero-order valence-electron chi connectivity index (χ0n) is 11.1. The molecule has 0 spiro atoms. The number of thiophene rings is 1. The summed E-state index contributed by atoms with van der Waals surface area (Å²) in [6, 6.07) is 0. The highest BCUT2D eigenvalue weighted by atomic mass is 32.1. The normalized spacial score (nSPS) is 16.5. The molecule has 0 unspecified atom stereocenters. The fraction of sp³-hybridized carbons (Fsp3) is 0.643. The lowest BCUT2D eigenvalue weighted by Crippen LogP contribution is -2.20. The SMILES string of the molecule is Cc1c(C(=O)C(C)(C)C)sc2c1CCNCC2. The van der Waals surface area contributed by atoms with E-state index in [2.05, 4.69) is 12.2 Å². The first-order valence-electron chi connectivity index (χ1n) is 6.28. The van der Waals surface area contributed by atoms with Gasteiger partial charge in [0, 0.05) is 10.3 Å². The summed E-state index contributed by atoms with van der Waals surface area (Å²) in [6.45, 7) is 10.2. The number of nitrogens with one attached hydrogen (secondary N) is 1. The molecule has 94 valence electrons. The first-order chi connectivity index (χ1) is 7.91. The quantitative estimate of drug-likeness (QED) is 0.777. The topological polar surface area (TPSA) is 29.1 Å². The highest BCUT2D eigenvalue weighted by Crippen LogP contribution is 2.34. The molecule has 1 N–H and O–H groups in total. The van der Waals surface area contributed by atoms with Crippen LogP contribution >= 0.6 is 11.3 Å². The van der Waals surface area contributed by atoms with Crippen LogP contribution in [-0.2, 0) is 12.8 Å². The highest BCUT2D eigenvalue weighted by Gasteiger charge is 2.28. The molecule has 1 aliphatic heterocycles. The van der Waals surface area contributed by atoms with Gasteiger partial charge in [-0.2, -0.15) is 0 Å². The van der Waals surface area contributed by atoms with Crippen molar-refractivity contribution in [2.45, 2.75) is 40.5 Å². The van der Waals surface area contributed by atoms with E-state index in [-0.39, 0.29) is 5.41 Å². The van der Waals surface area contributed by atoms with E-state index < -0.39 is 0 Å². The average molecular weight is 251 g/mol. The van der Waals surface area contributed by atoms with Crippen molar-refractivity contribution in [2.24, 2.45) is 5.41 Å². The minimum absolute atomic E-state index is 0.271. The number of carbonyl (C=O) groups is 1. The molecule has 1 aromatic rings. The molecule has 2 heterocycles. The van der Waals surface area contributed by atoms with E-state index in [9.17, 15) is 4.79 Å². The molecule has 0 fully saturated rings. The van der Waals surface area contributed by atoms with Gasteiger partial charge in [-0.1, -0.05) is 20.8 Å². The largest absolute Gasteiger partial charge is 0.316 e. The molecule has 3 heteroatoms. The molecule has 0 atom stereocenters. The van der Waals surface area contributed by atoms with Gasteiger partial charge in [0.25, 0.3) is 0 Å². The van der Waals surface area contributed by atoms with E-state index in [1.807, 2.05) is 20.8 Å². The Hall–Kier alpha value is -0.670. The van der Waals surface area contributed by atoms with Crippen molar-refractivity contribution in [3.8, 4) is 0 Å². The monoisotopic (exact) mass is 251 g/mol. The molecular formula is C14H21NOS.